The predicted octanol–water partition coefficient (Wildman–Crippen LogP) is 3.84. The highest BCUT2D eigenvalue weighted by atomic mass is 35.5. The van der Waals surface area contributed by atoms with Crippen molar-refractivity contribution in [3.63, 3.8) is 0 Å². The van der Waals surface area contributed by atoms with E-state index in [1.54, 1.807) is 0 Å². The summed E-state index contributed by atoms with van der Waals surface area (Å²) in [7, 11) is 0. The molecule has 20 heavy (non-hydrogen) atoms. The highest BCUT2D eigenvalue weighted by Crippen LogP contribution is 2.17. The molecule has 0 bridgehead atoms. The van der Waals surface area contributed by atoms with Gasteiger partial charge in [0, 0.05) is 23.3 Å². The molecule has 1 heterocycles. The van der Waals surface area contributed by atoms with Crippen molar-refractivity contribution in [3.8, 4) is 5.88 Å². The number of halogens is 1. The van der Waals surface area contributed by atoms with Crippen molar-refractivity contribution in [2.45, 2.75) is 33.4 Å². The lowest BCUT2D eigenvalue weighted by Gasteiger charge is -2.11. The zero-order valence-corrected chi connectivity index (χ0v) is 12.6. The van der Waals surface area contributed by atoms with Gasteiger partial charge in [-0.15, -0.1) is 0 Å². The standard InChI is InChI=1S/C15H18ClN3O/c1-10(2)20-14-8-11(3)18-15(19-14)17-9-12-6-4-5-7-13(12)16/h4-8,10H,9H2,1-3H3,(H,17,18,19). The molecule has 0 saturated heterocycles. The van der Waals surface area contributed by atoms with Crippen LogP contribution in [0.4, 0.5) is 5.95 Å². The Hall–Kier alpha value is -1.81. The van der Waals surface area contributed by atoms with E-state index >= 15 is 0 Å². The molecule has 0 atom stereocenters. The van der Waals surface area contributed by atoms with E-state index in [-0.39, 0.29) is 6.10 Å². The molecule has 0 aliphatic carbocycles. The van der Waals surface area contributed by atoms with Gasteiger partial charge in [0.1, 0.15) is 0 Å². The van der Waals surface area contributed by atoms with Gasteiger partial charge in [-0.25, -0.2) is 4.98 Å². The number of hydrogen-bond donors (Lipinski definition) is 1. The van der Waals surface area contributed by atoms with Gasteiger partial charge < -0.3 is 10.1 Å². The summed E-state index contributed by atoms with van der Waals surface area (Å²) in [6, 6.07) is 9.51. The lowest BCUT2D eigenvalue weighted by Crippen LogP contribution is -2.10. The number of nitrogens with one attached hydrogen (secondary N) is 1. The van der Waals surface area contributed by atoms with Crippen LogP contribution in [0.25, 0.3) is 0 Å². The van der Waals surface area contributed by atoms with Crippen LogP contribution < -0.4 is 10.1 Å². The number of nitrogens with zero attached hydrogens (tertiary/aromatic N) is 2. The van der Waals surface area contributed by atoms with Crippen LogP contribution in [0.5, 0.6) is 5.88 Å². The number of aryl methyl sites for hydroxylation is 1. The summed E-state index contributed by atoms with van der Waals surface area (Å²) in [5.74, 6) is 1.12. The van der Waals surface area contributed by atoms with E-state index in [1.165, 1.54) is 0 Å². The zero-order chi connectivity index (χ0) is 14.5. The van der Waals surface area contributed by atoms with Crippen LogP contribution in [-0.4, -0.2) is 16.1 Å². The van der Waals surface area contributed by atoms with Crippen LogP contribution in [0.3, 0.4) is 0 Å². The molecule has 0 amide bonds. The second-order valence-electron chi connectivity index (χ2n) is 4.78. The highest BCUT2D eigenvalue weighted by Gasteiger charge is 2.06. The fourth-order valence-corrected chi connectivity index (χ4v) is 1.94. The van der Waals surface area contributed by atoms with Crippen molar-refractivity contribution < 1.29 is 4.74 Å². The third kappa shape index (κ3) is 4.10. The van der Waals surface area contributed by atoms with Gasteiger partial charge in [-0.1, -0.05) is 29.8 Å². The summed E-state index contributed by atoms with van der Waals surface area (Å²) >= 11 is 6.12. The van der Waals surface area contributed by atoms with E-state index in [1.807, 2.05) is 51.1 Å². The molecule has 1 aromatic heterocycles. The van der Waals surface area contributed by atoms with Crippen molar-refractivity contribution in [2.75, 3.05) is 5.32 Å². The molecule has 5 heteroatoms. The Kier molecular flexibility index (Phi) is 4.79. The molecule has 1 aromatic carbocycles. The second kappa shape index (κ2) is 6.57. The van der Waals surface area contributed by atoms with E-state index in [0.717, 1.165) is 16.3 Å². The largest absolute Gasteiger partial charge is 0.475 e. The van der Waals surface area contributed by atoms with Gasteiger partial charge in [0.15, 0.2) is 0 Å². The lowest BCUT2D eigenvalue weighted by atomic mass is 10.2. The second-order valence-corrected chi connectivity index (χ2v) is 5.19. The van der Waals surface area contributed by atoms with Crippen molar-refractivity contribution in [1.29, 1.82) is 0 Å². The van der Waals surface area contributed by atoms with E-state index < -0.39 is 0 Å². The molecule has 106 valence electrons. The molecule has 0 fully saturated rings. The minimum atomic E-state index is 0.0840. The average molecular weight is 292 g/mol. The van der Waals surface area contributed by atoms with Crippen LogP contribution >= 0.6 is 11.6 Å². The van der Waals surface area contributed by atoms with Gasteiger partial charge in [0.05, 0.1) is 6.10 Å². The van der Waals surface area contributed by atoms with Gasteiger partial charge in [0.2, 0.25) is 11.8 Å². The fraction of sp³-hybridized carbons (Fsp3) is 0.333. The Labute approximate surface area is 124 Å². The minimum Gasteiger partial charge on any atom is -0.475 e. The molecular formula is C15H18ClN3O. The highest BCUT2D eigenvalue weighted by molar-refractivity contribution is 6.31. The van der Waals surface area contributed by atoms with Crippen molar-refractivity contribution in [2.24, 2.45) is 0 Å². The third-order valence-electron chi connectivity index (χ3n) is 2.58. The molecule has 0 spiro atoms. The maximum absolute atomic E-state index is 6.12. The molecule has 0 unspecified atom stereocenters. The molecule has 4 nitrogen and oxygen atoms in total. The maximum atomic E-state index is 6.12. The molecule has 0 aliphatic heterocycles. The molecule has 1 N–H and O–H groups in total. The summed E-state index contributed by atoms with van der Waals surface area (Å²) in [4.78, 5) is 8.67. The summed E-state index contributed by atoms with van der Waals surface area (Å²) in [5, 5.41) is 3.90. The van der Waals surface area contributed by atoms with E-state index in [0.29, 0.717) is 18.4 Å². The normalized spacial score (nSPS) is 10.7. The van der Waals surface area contributed by atoms with Gasteiger partial charge >= 0.3 is 0 Å². The summed E-state index contributed by atoms with van der Waals surface area (Å²) < 4.78 is 5.59. The van der Waals surface area contributed by atoms with Gasteiger partial charge in [0.25, 0.3) is 0 Å². The first-order chi connectivity index (χ1) is 9.54. The smallest absolute Gasteiger partial charge is 0.226 e. The van der Waals surface area contributed by atoms with Gasteiger partial charge in [-0.2, -0.15) is 4.98 Å². The van der Waals surface area contributed by atoms with Crippen LogP contribution in [-0.2, 0) is 6.54 Å². The lowest BCUT2D eigenvalue weighted by molar-refractivity contribution is 0.232. The molecule has 0 radical (unpaired) electrons. The quantitative estimate of drug-likeness (QED) is 0.909. The van der Waals surface area contributed by atoms with Crippen LogP contribution in [0.2, 0.25) is 5.02 Å². The van der Waals surface area contributed by atoms with Crippen molar-refractivity contribution >= 4 is 17.5 Å². The average Bonchev–Trinajstić information content (AvgIpc) is 2.36. The van der Waals surface area contributed by atoms with Crippen LogP contribution in [0.1, 0.15) is 25.1 Å². The Balaban J connectivity index is 2.09. The fourth-order valence-electron chi connectivity index (χ4n) is 1.74. The number of aromatic nitrogens is 2. The number of anilines is 1. The zero-order valence-electron chi connectivity index (χ0n) is 11.9. The number of benzene rings is 1. The topological polar surface area (TPSA) is 47.0 Å². The first kappa shape index (κ1) is 14.6. The minimum absolute atomic E-state index is 0.0840. The van der Waals surface area contributed by atoms with Gasteiger partial charge in [-0.05, 0) is 32.4 Å². The molecule has 2 rings (SSSR count). The van der Waals surface area contributed by atoms with E-state index in [9.17, 15) is 0 Å². The maximum Gasteiger partial charge on any atom is 0.226 e. The Morgan fingerprint density at radius 3 is 2.70 bits per heavy atom. The van der Waals surface area contributed by atoms with Crippen LogP contribution in [0.15, 0.2) is 30.3 Å². The van der Waals surface area contributed by atoms with Crippen LogP contribution in [0, 0.1) is 6.92 Å². The molecular weight excluding hydrogens is 274 g/mol. The molecule has 2 aromatic rings. The summed E-state index contributed by atoms with van der Waals surface area (Å²) in [6.45, 7) is 6.42. The van der Waals surface area contributed by atoms with E-state index in [4.69, 9.17) is 16.3 Å². The Morgan fingerprint density at radius 2 is 2.00 bits per heavy atom. The predicted molar refractivity (Wildman–Crippen MR) is 81.3 cm³/mol. The Morgan fingerprint density at radius 1 is 1.25 bits per heavy atom. The SMILES string of the molecule is Cc1cc(OC(C)C)nc(NCc2ccccc2Cl)n1. The molecule has 0 saturated carbocycles. The van der Waals surface area contributed by atoms with E-state index in [2.05, 4.69) is 15.3 Å². The monoisotopic (exact) mass is 291 g/mol. The first-order valence-electron chi connectivity index (χ1n) is 6.54. The molecule has 0 aliphatic rings. The summed E-state index contributed by atoms with van der Waals surface area (Å²) in [6.07, 6.45) is 0.0840. The number of rotatable bonds is 5. The number of ether oxygens (including phenoxy) is 1. The summed E-state index contributed by atoms with van der Waals surface area (Å²) in [5.41, 5.74) is 1.86. The first-order valence-corrected chi connectivity index (χ1v) is 6.92. The third-order valence-corrected chi connectivity index (χ3v) is 2.95. The van der Waals surface area contributed by atoms with Crippen molar-refractivity contribution in [3.05, 3.63) is 46.6 Å². The number of hydrogen-bond acceptors (Lipinski definition) is 4. The Bertz CT molecular complexity index is 587. The van der Waals surface area contributed by atoms with Gasteiger partial charge in [-0.3, -0.25) is 0 Å². The van der Waals surface area contributed by atoms with Crippen molar-refractivity contribution in [1.82, 2.24) is 9.97 Å².